The first-order valence-corrected chi connectivity index (χ1v) is 12.9. The van der Waals surface area contributed by atoms with Crippen molar-refractivity contribution in [1.29, 1.82) is 0 Å². The lowest BCUT2D eigenvalue weighted by molar-refractivity contribution is 0.453. The maximum atomic E-state index is 13.8. The molecule has 0 aliphatic rings. The van der Waals surface area contributed by atoms with E-state index in [0.29, 0.717) is 21.4 Å². The van der Waals surface area contributed by atoms with Gasteiger partial charge in [0.05, 0.1) is 15.9 Å². The van der Waals surface area contributed by atoms with Crippen molar-refractivity contribution in [1.82, 2.24) is 9.29 Å². The summed E-state index contributed by atoms with van der Waals surface area (Å²) in [6.45, 7) is 12.1. The molecule has 0 bridgehead atoms. The van der Waals surface area contributed by atoms with Crippen LogP contribution in [0.1, 0.15) is 39.7 Å². The fourth-order valence-corrected chi connectivity index (χ4v) is 4.48. The van der Waals surface area contributed by atoms with Crippen molar-refractivity contribution in [3.8, 4) is 5.75 Å². The smallest absolute Gasteiger partial charge is 0.192 e. The highest BCUT2D eigenvalue weighted by molar-refractivity contribution is 7.98. The van der Waals surface area contributed by atoms with Gasteiger partial charge in [-0.1, -0.05) is 52.3 Å². The Hall–Kier alpha value is -3.63. The average molecular weight is 500 g/mol. The van der Waals surface area contributed by atoms with E-state index in [1.54, 1.807) is 28.6 Å². The van der Waals surface area contributed by atoms with Crippen LogP contribution in [-0.2, 0) is 16.3 Å². The van der Waals surface area contributed by atoms with E-state index in [1.165, 1.54) is 12.6 Å². The van der Waals surface area contributed by atoms with Crippen molar-refractivity contribution in [3.05, 3.63) is 54.2 Å². The third-order valence-electron chi connectivity index (χ3n) is 4.50. The van der Waals surface area contributed by atoms with E-state index < -0.39 is 9.71 Å². The number of benzene rings is 2. The minimum Gasteiger partial charge on any atom is -0.506 e. The van der Waals surface area contributed by atoms with Crippen LogP contribution in [0.2, 0.25) is 0 Å². The number of para-hydroxylation sites is 1. The Morgan fingerprint density at radius 3 is 2.34 bits per heavy atom. The van der Waals surface area contributed by atoms with Crippen LogP contribution in [0.15, 0.2) is 63.5 Å². The summed E-state index contributed by atoms with van der Waals surface area (Å²) in [7, 11) is -3.00. The predicted octanol–water partition coefficient (Wildman–Crippen LogP) is 4.02. The number of aliphatic imine (C=N–C) groups is 2. The van der Waals surface area contributed by atoms with Crippen molar-refractivity contribution < 1.29 is 9.32 Å². The van der Waals surface area contributed by atoms with E-state index in [2.05, 4.69) is 41.4 Å². The number of nitrogens with zero attached hydrogens (tertiary/aromatic N) is 4. The number of nitrogens with two attached hydrogens (primary N) is 3. The van der Waals surface area contributed by atoms with Crippen LogP contribution in [-0.4, -0.2) is 43.8 Å². The summed E-state index contributed by atoms with van der Waals surface area (Å²) in [5, 5.41) is 11.0. The number of rotatable bonds is 7. The van der Waals surface area contributed by atoms with E-state index in [9.17, 15) is 9.32 Å². The fraction of sp³-hybridized carbons (Fsp3) is 0.280. The van der Waals surface area contributed by atoms with Crippen LogP contribution in [0.3, 0.4) is 0 Å². The van der Waals surface area contributed by atoms with Gasteiger partial charge in [0.2, 0.25) is 0 Å². The quantitative estimate of drug-likeness (QED) is 0.166. The maximum absolute atomic E-state index is 13.8. The summed E-state index contributed by atoms with van der Waals surface area (Å²) in [4.78, 5) is 12.3. The number of aromatic hydroxyl groups is 1. The Kier molecular flexibility index (Phi) is 11.7. The minimum absolute atomic E-state index is 0.0525. The first-order valence-electron chi connectivity index (χ1n) is 11.2. The summed E-state index contributed by atoms with van der Waals surface area (Å²) in [5.74, 6) is 3.92. The van der Waals surface area contributed by atoms with E-state index in [4.69, 9.17) is 17.2 Å². The Morgan fingerprint density at radius 1 is 1.14 bits per heavy atom. The molecule has 0 aliphatic heterocycles. The van der Waals surface area contributed by atoms with Gasteiger partial charge in [0.15, 0.2) is 11.8 Å². The molecule has 190 valence electrons. The molecule has 0 spiro atoms. The Bertz CT molecular complexity index is 1250. The molecule has 2 aromatic carbocycles. The first-order chi connectivity index (χ1) is 16.6. The average Bonchev–Trinajstić information content (AvgIpc) is 2.83. The van der Waals surface area contributed by atoms with Crippen LogP contribution in [0, 0.1) is 0 Å². The molecule has 0 radical (unpaired) electrons. The van der Waals surface area contributed by atoms with Crippen LogP contribution >= 0.6 is 0 Å². The molecular weight excluding hydrogens is 462 g/mol. The van der Waals surface area contributed by atoms with Gasteiger partial charge >= 0.3 is 0 Å². The summed E-state index contributed by atoms with van der Waals surface area (Å²) in [5.41, 5.74) is 18.4. The summed E-state index contributed by atoms with van der Waals surface area (Å²) in [6.07, 6.45) is 2.50. The second-order valence-corrected chi connectivity index (χ2v) is 9.53. The van der Waals surface area contributed by atoms with Gasteiger partial charge in [-0.15, -0.1) is 0 Å². The van der Waals surface area contributed by atoms with E-state index in [-0.39, 0.29) is 30.7 Å². The lowest BCUT2D eigenvalue weighted by Crippen LogP contribution is -2.31. The van der Waals surface area contributed by atoms with Crippen molar-refractivity contribution in [3.63, 3.8) is 0 Å². The zero-order chi connectivity index (χ0) is 26.6. The van der Waals surface area contributed by atoms with E-state index >= 15 is 0 Å². The number of guanidine groups is 1. The molecule has 0 amide bonds. The molecule has 0 fully saturated rings. The van der Waals surface area contributed by atoms with Gasteiger partial charge in [0.1, 0.15) is 12.4 Å². The topological polar surface area (TPSA) is 156 Å². The van der Waals surface area contributed by atoms with Gasteiger partial charge in [0, 0.05) is 27.9 Å². The summed E-state index contributed by atoms with van der Waals surface area (Å²) >= 11 is 0. The zero-order valence-corrected chi connectivity index (χ0v) is 21.8. The van der Waals surface area contributed by atoms with Gasteiger partial charge in [-0.25, -0.2) is 13.5 Å². The van der Waals surface area contributed by atoms with E-state index in [0.717, 1.165) is 5.56 Å². The van der Waals surface area contributed by atoms with Crippen molar-refractivity contribution in [2.75, 3.05) is 12.4 Å². The number of fused-ring (bicyclic) bond motifs is 1. The molecule has 0 aliphatic carbocycles. The monoisotopic (exact) mass is 499 g/mol. The van der Waals surface area contributed by atoms with Crippen LogP contribution < -0.4 is 17.2 Å². The van der Waals surface area contributed by atoms with Crippen LogP contribution in [0.5, 0.6) is 5.75 Å². The highest BCUT2D eigenvalue weighted by Gasteiger charge is 2.21. The summed E-state index contributed by atoms with van der Waals surface area (Å²) < 4.78 is 15.4. The molecule has 35 heavy (non-hydrogen) atoms. The summed E-state index contributed by atoms with van der Waals surface area (Å²) in [6, 6.07) is 12.1. The Balaban J connectivity index is 0.00000114. The Labute approximate surface area is 208 Å². The molecule has 1 heterocycles. The largest absolute Gasteiger partial charge is 0.506 e. The SMILES string of the molecule is C=NCN(Cc1ccccc1N)S(=C)(=O)c1ccc2c(O)cnc(N=C(N)N)c2c1.CC.CCC. The molecule has 0 saturated carbocycles. The number of hydrogen-bond donors (Lipinski definition) is 4. The number of nitrogen functional groups attached to an aromatic ring is 1. The lowest BCUT2D eigenvalue weighted by atomic mass is 10.1. The second kappa shape index (κ2) is 13.9. The minimum atomic E-state index is -3.00. The molecule has 10 heteroatoms. The molecule has 1 atom stereocenters. The normalized spacial score (nSPS) is 11.9. The molecule has 9 nitrogen and oxygen atoms in total. The van der Waals surface area contributed by atoms with Gasteiger partial charge in [0.25, 0.3) is 0 Å². The van der Waals surface area contributed by atoms with Crippen LogP contribution in [0.4, 0.5) is 11.5 Å². The number of aromatic nitrogens is 1. The first kappa shape index (κ1) is 29.4. The second-order valence-electron chi connectivity index (χ2n) is 7.26. The van der Waals surface area contributed by atoms with Crippen molar-refractivity contribution in [2.24, 2.45) is 21.5 Å². The van der Waals surface area contributed by atoms with Gasteiger partial charge < -0.3 is 22.3 Å². The molecule has 3 rings (SSSR count). The molecule has 1 aromatic heterocycles. The van der Waals surface area contributed by atoms with Crippen LogP contribution in [0.25, 0.3) is 10.8 Å². The van der Waals surface area contributed by atoms with Gasteiger partial charge in [-0.05, 0) is 42.4 Å². The molecule has 1 unspecified atom stereocenters. The Morgan fingerprint density at radius 2 is 1.77 bits per heavy atom. The fourth-order valence-electron chi connectivity index (χ4n) is 2.98. The van der Waals surface area contributed by atoms with Gasteiger partial charge in [-0.2, -0.15) is 4.99 Å². The van der Waals surface area contributed by atoms with Crippen molar-refractivity contribution in [2.45, 2.75) is 45.6 Å². The molecule has 3 aromatic rings. The molecule has 7 N–H and O–H groups in total. The lowest BCUT2D eigenvalue weighted by Gasteiger charge is -2.25. The number of anilines is 1. The third-order valence-corrected chi connectivity index (χ3v) is 6.57. The maximum Gasteiger partial charge on any atom is 0.192 e. The predicted molar refractivity (Wildman–Crippen MR) is 151 cm³/mol. The highest BCUT2D eigenvalue weighted by atomic mass is 32.2. The third kappa shape index (κ3) is 7.69. The zero-order valence-electron chi connectivity index (χ0n) is 20.9. The van der Waals surface area contributed by atoms with E-state index in [1.807, 2.05) is 32.0 Å². The standard InChI is InChI=1S/C20H23N7O2S.C3H8.C2H6/c1-24-12-27(11-13-5-3-4-6-17(13)21)30(2,29)14-7-8-15-16(9-14)19(26-20(22)23)25-10-18(15)28;1-3-2;1-2/h3-10,28H,1-2,11-12,21H2,(H4,22,23,25,26);3H2,1-2H3;1-2H3. The van der Waals surface area contributed by atoms with Gasteiger partial charge in [-0.3, -0.25) is 4.99 Å². The highest BCUT2D eigenvalue weighted by Crippen LogP contribution is 2.33. The number of pyridine rings is 1. The molecule has 0 saturated heterocycles. The number of hydrogen-bond acceptors (Lipinski definition) is 6. The molecular formula is C25H37N7O2S. The van der Waals surface area contributed by atoms with Crippen molar-refractivity contribution >= 4 is 50.5 Å².